The quantitative estimate of drug-likeness (QED) is 0.392. The van der Waals surface area contributed by atoms with E-state index in [-0.39, 0.29) is 23.4 Å². The third kappa shape index (κ3) is 1.77. The van der Waals surface area contributed by atoms with Gasteiger partial charge in [-0.1, -0.05) is 0 Å². The Morgan fingerprint density at radius 1 is 1.43 bits per heavy atom. The second kappa shape index (κ2) is 4.08. The predicted molar refractivity (Wildman–Crippen MR) is 67.4 cm³/mol. The summed E-state index contributed by atoms with van der Waals surface area (Å²) in [7, 11) is 0. The first-order valence-corrected chi connectivity index (χ1v) is 6.02. The van der Waals surface area contributed by atoms with Gasteiger partial charge in [-0.25, -0.2) is 9.18 Å². The van der Waals surface area contributed by atoms with Crippen LogP contribution in [0.1, 0.15) is 12.0 Å². The molecule has 9 heteroatoms. The average Bonchev–Trinajstić information content (AvgIpc) is 2.65. The lowest BCUT2D eigenvalue weighted by Crippen LogP contribution is -2.53. The summed E-state index contributed by atoms with van der Waals surface area (Å²) < 4.78 is 19.0. The number of nitrogens with two attached hydrogens (primary N) is 2. The van der Waals surface area contributed by atoms with Crippen molar-refractivity contribution in [3.63, 3.8) is 0 Å². The fraction of sp³-hybridized carbons (Fsp3) is 0.250. The molecule has 0 bridgehead atoms. The van der Waals surface area contributed by atoms with E-state index in [1.54, 1.807) is 0 Å². The molecule has 0 radical (unpaired) electrons. The molecule has 1 unspecified atom stereocenters. The minimum atomic E-state index is -1.62. The molecule has 6 N–H and O–H groups in total. The van der Waals surface area contributed by atoms with Crippen molar-refractivity contribution < 1.29 is 23.5 Å². The van der Waals surface area contributed by atoms with Gasteiger partial charge in [0.25, 0.3) is 11.8 Å². The number of benzene rings is 1. The molecule has 1 fully saturated rings. The standard InChI is InChI=1S/C12H11FN4O4/c13-4-1-5-8(6(14)2-4)21-7(9(15)18)3-12(5)10(19)16-11(20)17-12/h1-2,7H,3,14H2,(H2,15,18)(H2,16,17,19,20)/t7-,12?/m1/s1. The number of rotatable bonds is 1. The summed E-state index contributed by atoms with van der Waals surface area (Å²) in [6.45, 7) is 0. The van der Waals surface area contributed by atoms with Crippen LogP contribution in [0.4, 0.5) is 14.9 Å². The fourth-order valence-corrected chi connectivity index (χ4v) is 2.62. The zero-order valence-corrected chi connectivity index (χ0v) is 10.6. The van der Waals surface area contributed by atoms with Crippen molar-refractivity contribution in [3.8, 4) is 5.75 Å². The molecule has 3 rings (SSSR count). The molecular weight excluding hydrogens is 283 g/mol. The van der Waals surface area contributed by atoms with Gasteiger partial charge in [-0.05, 0) is 6.07 Å². The number of carbonyl (C=O) groups is 3. The highest BCUT2D eigenvalue weighted by Crippen LogP contribution is 2.44. The summed E-state index contributed by atoms with van der Waals surface area (Å²) in [5, 5.41) is 4.46. The summed E-state index contributed by atoms with van der Waals surface area (Å²) in [6, 6.07) is 1.28. The third-order valence-corrected chi connectivity index (χ3v) is 3.55. The van der Waals surface area contributed by atoms with E-state index in [4.69, 9.17) is 16.2 Å². The number of imide groups is 1. The minimum absolute atomic E-state index is 0.0381. The molecule has 1 aromatic rings. The van der Waals surface area contributed by atoms with Gasteiger partial charge in [-0.15, -0.1) is 0 Å². The van der Waals surface area contributed by atoms with Crippen LogP contribution in [0.5, 0.6) is 5.75 Å². The summed E-state index contributed by atoms with van der Waals surface area (Å²) >= 11 is 0. The van der Waals surface area contributed by atoms with Gasteiger partial charge in [0.2, 0.25) is 0 Å². The maximum Gasteiger partial charge on any atom is 0.322 e. The summed E-state index contributed by atoms with van der Waals surface area (Å²) in [6.07, 6.45) is -1.41. The Morgan fingerprint density at radius 3 is 2.71 bits per heavy atom. The number of hydrogen-bond acceptors (Lipinski definition) is 5. The maximum absolute atomic E-state index is 13.6. The topological polar surface area (TPSA) is 137 Å². The molecule has 1 saturated heterocycles. The molecule has 4 amide bonds. The van der Waals surface area contributed by atoms with Crippen LogP contribution in [0.2, 0.25) is 0 Å². The highest BCUT2D eigenvalue weighted by Gasteiger charge is 2.54. The zero-order valence-electron chi connectivity index (χ0n) is 10.6. The Morgan fingerprint density at radius 2 is 2.14 bits per heavy atom. The van der Waals surface area contributed by atoms with E-state index in [2.05, 4.69) is 10.6 Å². The summed E-state index contributed by atoms with van der Waals surface area (Å²) in [5.41, 5.74) is 9.22. The predicted octanol–water partition coefficient (Wildman–Crippen LogP) is -0.921. The first-order chi connectivity index (χ1) is 9.83. The first-order valence-electron chi connectivity index (χ1n) is 6.02. The van der Waals surface area contributed by atoms with Crippen LogP contribution in [0.3, 0.4) is 0 Å². The Bertz CT molecular complexity index is 692. The molecule has 1 aromatic carbocycles. The van der Waals surface area contributed by atoms with E-state index < -0.39 is 35.3 Å². The molecule has 1 spiro atoms. The molecule has 2 aliphatic heterocycles. The molecule has 2 aliphatic rings. The normalized spacial score (nSPS) is 26.8. The average molecular weight is 294 g/mol. The van der Waals surface area contributed by atoms with Gasteiger partial charge in [0.1, 0.15) is 11.6 Å². The van der Waals surface area contributed by atoms with Crippen LogP contribution in [0.15, 0.2) is 12.1 Å². The number of amides is 4. The van der Waals surface area contributed by atoms with E-state index in [0.29, 0.717) is 0 Å². The number of carbonyl (C=O) groups excluding carboxylic acids is 3. The van der Waals surface area contributed by atoms with Gasteiger partial charge in [-0.3, -0.25) is 14.9 Å². The van der Waals surface area contributed by atoms with Crippen molar-refractivity contribution in [1.29, 1.82) is 0 Å². The van der Waals surface area contributed by atoms with E-state index in [9.17, 15) is 18.8 Å². The second-order valence-electron chi connectivity index (χ2n) is 4.90. The molecule has 0 aromatic heterocycles. The van der Waals surface area contributed by atoms with Crippen molar-refractivity contribution >= 4 is 23.5 Å². The van der Waals surface area contributed by atoms with Crippen LogP contribution in [-0.4, -0.2) is 23.9 Å². The summed E-state index contributed by atoms with van der Waals surface area (Å²) in [5.74, 6) is -2.27. The zero-order chi connectivity index (χ0) is 15.4. The number of primary amides is 1. The molecule has 0 saturated carbocycles. The monoisotopic (exact) mass is 294 g/mol. The smallest absolute Gasteiger partial charge is 0.322 e. The van der Waals surface area contributed by atoms with Crippen molar-refractivity contribution in [2.75, 3.05) is 5.73 Å². The Labute approximate surface area is 117 Å². The molecule has 21 heavy (non-hydrogen) atoms. The van der Waals surface area contributed by atoms with Crippen molar-refractivity contribution in [2.45, 2.75) is 18.1 Å². The Kier molecular flexibility index (Phi) is 2.55. The van der Waals surface area contributed by atoms with Gasteiger partial charge in [0.15, 0.2) is 11.6 Å². The molecular formula is C12H11FN4O4. The highest BCUT2D eigenvalue weighted by atomic mass is 19.1. The SMILES string of the molecule is NC(=O)[C@H]1CC2(NC(=O)NC2=O)c2cc(F)cc(N)c2O1. The van der Waals surface area contributed by atoms with E-state index in [1.807, 2.05) is 0 Å². The Balaban J connectivity index is 2.24. The minimum Gasteiger partial charge on any atom is -0.478 e. The van der Waals surface area contributed by atoms with Crippen LogP contribution < -0.4 is 26.8 Å². The Hall–Kier alpha value is -2.84. The number of anilines is 1. The number of fused-ring (bicyclic) bond motifs is 2. The van der Waals surface area contributed by atoms with E-state index >= 15 is 0 Å². The van der Waals surface area contributed by atoms with Gasteiger partial charge in [0, 0.05) is 18.1 Å². The van der Waals surface area contributed by atoms with Crippen LogP contribution >= 0.6 is 0 Å². The number of nitrogens with one attached hydrogen (secondary N) is 2. The number of nitrogen functional groups attached to an aromatic ring is 1. The molecule has 110 valence electrons. The second-order valence-corrected chi connectivity index (χ2v) is 4.90. The van der Waals surface area contributed by atoms with Gasteiger partial charge >= 0.3 is 6.03 Å². The van der Waals surface area contributed by atoms with Crippen molar-refractivity contribution in [1.82, 2.24) is 10.6 Å². The number of urea groups is 1. The molecule has 8 nitrogen and oxygen atoms in total. The lowest BCUT2D eigenvalue weighted by molar-refractivity contribution is -0.130. The fourth-order valence-electron chi connectivity index (χ4n) is 2.62. The third-order valence-electron chi connectivity index (χ3n) is 3.55. The van der Waals surface area contributed by atoms with Crippen LogP contribution in [-0.2, 0) is 15.1 Å². The van der Waals surface area contributed by atoms with Gasteiger partial charge in [0.05, 0.1) is 5.69 Å². The first kappa shape index (κ1) is 13.2. The molecule has 0 aliphatic carbocycles. The molecule has 2 heterocycles. The lowest BCUT2D eigenvalue weighted by Gasteiger charge is -2.36. The highest BCUT2D eigenvalue weighted by molar-refractivity contribution is 6.08. The number of hydrogen-bond donors (Lipinski definition) is 4. The van der Waals surface area contributed by atoms with Crippen LogP contribution in [0.25, 0.3) is 0 Å². The van der Waals surface area contributed by atoms with Gasteiger partial charge in [-0.2, -0.15) is 0 Å². The van der Waals surface area contributed by atoms with Gasteiger partial charge < -0.3 is 21.5 Å². The number of ether oxygens (including phenoxy) is 1. The van der Waals surface area contributed by atoms with Crippen molar-refractivity contribution in [2.24, 2.45) is 5.73 Å². The maximum atomic E-state index is 13.6. The van der Waals surface area contributed by atoms with E-state index in [0.717, 1.165) is 12.1 Å². The number of halogens is 1. The lowest BCUT2D eigenvalue weighted by atomic mass is 9.81. The van der Waals surface area contributed by atoms with Crippen molar-refractivity contribution in [3.05, 3.63) is 23.5 Å². The largest absolute Gasteiger partial charge is 0.478 e. The van der Waals surface area contributed by atoms with Crippen LogP contribution in [0, 0.1) is 5.82 Å². The molecule has 2 atom stereocenters. The van der Waals surface area contributed by atoms with E-state index in [1.165, 1.54) is 0 Å². The summed E-state index contributed by atoms with van der Waals surface area (Å²) in [4.78, 5) is 35.0.